The molecular weight excluding hydrogens is 236 g/mol. The average Bonchev–Trinajstić information content (AvgIpc) is 2.64. The number of hydrogen-bond acceptors (Lipinski definition) is 3. The fourth-order valence-electron chi connectivity index (χ4n) is 2.54. The molecule has 2 heterocycles. The van der Waals surface area contributed by atoms with Crippen molar-refractivity contribution >= 4 is 11.6 Å². The van der Waals surface area contributed by atoms with Crippen LogP contribution in [0.2, 0.25) is 5.15 Å². The van der Waals surface area contributed by atoms with Crippen molar-refractivity contribution in [3.05, 3.63) is 17.2 Å². The number of nitrogens with two attached hydrogens (primary N) is 1. The van der Waals surface area contributed by atoms with Gasteiger partial charge in [-0.25, -0.2) is 4.98 Å². The van der Waals surface area contributed by atoms with E-state index < -0.39 is 0 Å². The van der Waals surface area contributed by atoms with E-state index in [2.05, 4.69) is 9.88 Å². The molecule has 96 valence electrons. The molecule has 1 unspecified atom stereocenters. The Morgan fingerprint density at radius 2 is 2.35 bits per heavy atom. The number of hydrogen-bond donors (Lipinski definition) is 1. The summed E-state index contributed by atoms with van der Waals surface area (Å²) in [4.78, 5) is 6.86. The highest BCUT2D eigenvalue weighted by Gasteiger charge is 2.23. The number of likely N-dealkylation sites (tertiary alicyclic amines) is 1. The van der Waals surface area contributed by atoms with Crippen LogP contribution >= 0.6 is 11.6 Å². The fraction of sp³-hybridized carbons (Fsp3) is 0.750. The Labute approximate surface area is 108 Å². The monoisotopic (exact) mass is 256 g/mol. The molecule has 0 amide bonds. The number of nitrogens with zero attached hydrogens (tertiary/aromatic N) is 3. The van der Waals surface area contributed by atoms with Crippen LogP contribution in [0.25, 0.3) is 0 Å². The molecule has 0 aromatic carbocycles. The summed E-state index contributed by atoms with van der Waals surface area (Å²) in [5.41, 5.74) is 5.68. The van der Waals surface area contributed by atoms with Crippen LogP contribution in [0.3, 0.4) is 0 Å². The predicted octanol–water partition coefficient (Wildman–Crippen LogP) is 1.78. The molecule has 1 aliphatic heterocycles. The second-order valence-electron chi connectivity index (χ2n) is 4.75. The zero-order valence-corrected chi connectivity index (χ0v) is 11.2. The van der Waals surface area contributed by atoms with Crippen molar-refractivity contribution in [3.8, 4) is 0 Å². The summed E-state index contributed by atoms with van der Waals surface area (Å²) in [5.74, 6) is 1.04. The lowest BCUT2D eigenvalue weighted by atomic mass is 9.99. The maximum Gasteiger partial charge on any atom is 0.128 e. The van der Waals surface area contributed by atoms with Crippen LogP contribution in [0.15, 0.2) is 6.20 Å². The summed E-state index contributed by atoms with van der Waals surface area (Å²) in [6.45, 7) is 2.80. The van der Waals surface area contributed by atoms with Gasteiger partial charge in [0, 0.05) is 13.1 Å². The van der Waals surface area contributed by atoms with Crippen molar-refractivity contribution < 1.29 is 0 Å². The van der Waals surface area contributed by atoms with Crippen LogP contribution in [0.4, 0.5) is 0 Å². The van der Waals surface area contributed by atoms with E-state index in [1.165, 1.54) is 19.3 Å². The first-order chi connectivity index (χ1) is 8.22. The van der Waals surface area contributed by atoms with Crippen LogP contribution in [-0.4, -0.2) is 33.6 Å². The van der Waals surface area contributed by atoms with Gasteiger partial charge in [0.05, 0.1) is 12.7 Å². The van der Waals surface area contributed by atoms with E-state index in [0.29, 0.717) is 11.2 Å². The highest BCUT2D eigenvalue weighted by molar-refractivity contribution is 6.29. The summed E-state index contributed by atoms with van der Waals surface area (Å²) >= 11 is 6.01. The lowest BCUT2D eigenvalue weighted by Gasteiger charge is -2.35. The zero-order chi connectivity index (χ0) is 12.3. The average molecular weight is 257 g/mol. The molecule has 1 atom stereocenters. The van der Waals surface area contributed by atoms with Crippen LogP contribution in [0.1, 0.15) is 31.5 Å². The Morgan fingerprint density at radius 3 is 3.00 bits per heavy atom. The van der Waals surface area contributed by atoms with Crippen LogP contribution in [0, 0.1) is 0 Å². The minimum absolute atomic E-state index is 0.615. The third kappa shape index (κ3) is 3.00. The topological polar surface area (TPSA) is 47.1 Å². The first-order valence-electron chi connectivity index (χ1n) is 6.32. The Balaban J connectivity index is 2.02. The van der Waals surface area contributed by atoms with Gasteiger partial charge in [0.2, 0.25) is 0 Å². The summed E-state index contributed by atoms with van der Waals surface area (Å²) in [6, 6.07) is 0.615. The smallest absolute Gasteiger partial charge is 0.128 e. The van der Waals surface area contributed by atoms with Crippen molar-refractivity contribution in [2.24, 2.45) is 12.8 Å². The molecule has 17 heavy (non-hydrogen) atoms. The maximum absolute atomic E-state index is 6.01. The van der Waals surface area contributed by atoms with Gasteiger partial charge in [-0.3, -0.25) is 4.90 Å². The predicted molar refractivity (Wildman–Crippen MR) is 69.9 cm³/mol. The lowest BCUT2D eigenvalue weighted by molar-refractivity contribution is 0.129. The molecule has 2 N–H and O–H groups in total. The Morgan fingerprint density at radius 1 is 1.53 bits per heavy atom. The summed E-state index contributed by atoms with van der Waals surface area (Å²) in [6.07, 6.45) is 6.66. The van der Waals surface area contributed by atoms with Crippen molar-refractivity contribution in [1.29, 1.82) is 0 Å². The van der Waals surface area contributed by atoms with E-state index in [0.717, 1.165) is 31.9 Å². The quantitative estimate of drug-likeness (QED) is 0.893. The number of piperidine rings is 1. The van der Waals surface area contributed by atoms with E-state index in [1.54, 1.807) is 6.20 Å². The lowest BCUT2D eigenvalue weighted by Crippen LogP contribution is -2.40. The molecule has 4 nitrogen and oxygen atoms in total. The minimum Gasteiger partial charge on any atom is -0.330 e. The molecule has 0 saturated carbocycles. The maximum atomic E-state index is 6.01. The van der Waals surface area contributed by atoms with E-state index in [9.17, 15) is 0 Å². The van der Waals surface area contributed by atoms with Crippen LogP contribution in [0.5, 0.6) is 0 Å². The Kier molecular flexibility index (Phi) is 4.42. The van der Waals surface area contributed by atoms with Gasteiger partial charge >= 0.3 is 0 Å². The van der Waals surface area contributed by atoms with E-state index >= 15 is 0 Å². The first kappa shape index (κ1) is 12.9. The summed E-state index contributed by atoms with van der Waals surface area (Å²) in [5, 5.41) is 0.701. The molecule has 2 rings (SSSR count). The summed E-state index contributed by atoms with van der Waals surface area (Å²) in [7, 11) is 1.96. The minimum atomic E-state index is 0.615. The van der Waals surface area contributed by atoms with Gasteiger partial charge in [0.25, 0.3) is 0 Å². The first-order valence-corrected chi connectivity index (χ1v) is 6.70. The largest absolute Gasteiger partial charge is 0.330 e. The van der Waals surface area contributed by atoms with Crippen LogP contribution < -0.4 is 5.73 Å². The zero-order valence-electron chi connectivity index (χ0n) is 10.4. The molecule has 0 aliphatic carbocycles. The van der Waals surface area contributed by atoms with Crippen molar-refractivity contribution in [2.75, 3.05) is 13.1 Å². The van der Waals surface area contributed by atoms with Crippen LogP contribution in [-0.2, 0) is 13.6 Å². The Bertz CT molecular complexity index is 361. The van der Waals surface area contributed by atoms with Gasteiger partial charge in [-0.15, -0.1) is 0 Å². The van der Waals surface area contributed by atoms with E-state index in [4.69, 9.17) is 17.3 Å². The van der Waals surface area contributed by atoms with Gasteiger partial charge in [-0.05, 0) is 32.4 Å². The second-order valence-corrected chi connectivity index (χ2v) is 5.14. The Hall–Kier alpha value is -0.580. The molecule has 5 heteroatoms. The molecule has 0 radical (unpaired) electrons. The number of rotatable bonds is 4. The van der Waals surface area contributed by atoms with Crippen molar-refractivity contribution in [1.82, 2.24) is 14.5 Å². The normalized spacial score (nSPS) is 21.9. The molecule has 1 aliphatic rings. The van der Waals surface area contributed by atoms with Gasteiger partial charge in [0.15, 0.2) is 0 Å². The number of halogens is 1. The standard InChI is InChI=1S/C12H21ClN4/c1-16-11(13)8-15-12(16)9-17-7-3-2-4-10(17)5-6-14/h8,10H,2-7,9,14H2,1H3. The summed E-state index contributed by atoms with van der Waals surface area (Å²) < 4.78 is 1.95. The number of imidazole rings is 1. The van der Waals surface area contributed by atoms with E-state index in [-0.39, 0.29) is 0 Å². The van der Waals surface area contributed by atoms with Gasteiger partial charge in [-0.1, -0.05) is 18.0 Å². The van der Waals surface area contributed by atoms with Crippen molar-refractivity contribution in [3.63, 3.8) is 0 Å². The molecule has 0 spiro atoms. The molecule has 0 bridgehead atoms. The molecule has 1 fully saturated rings. The highest BCUT2D eigenvalue weighted by atomic mass is 35.5. The highest BCUT2D eigenvalue weighted by Crippen LogP contribution is 2.21. The third-order valence-corrected chi connectivity index (χ3v) is 3.97. The molecule has 1 aromatic heterocycles. The molecule has 1 aromatic rings. The van der Waals surface area contributed by atoms with Gasteiger partial charge in [-0.2, -0.15) is 0 Å². The molecule has 1 saturated heterocycles. The van der Waals surface area contributed by atoms with Gasteiger partial charge in [0.1, 0.15) is 11.0 Å². The SMILES string of the molecule is Cn1c(Cl)cnc1CN1CCCCC1CCN. The molecular formula is C12H21ClN4. The van der Waals surface area contributed by atoms with Crippen molar-refractivity contribution in [2.45, 2.75) is 38.3 Å². The van der Waals surface area contributed by atoms with Gasteiger partial charge < -0.3 is 10.3 Å². The third-order valence-electron chi connectivity index (χ3n) is 3.62. The van der Waals surface area contributed by atoms with E-state index in [1.807, 2.05) is 11.6 Å². The second kappa shape index (κ2) is 5.85. The number of aromatic nitrogens is 2. The fourth-order valence-corrected chi connectivity index (χ4v) is 2.69.